The number of oxazole rings is 1. The van der Waals surface area contributed by atoms with E-state index in [0.29, 0.717) is 5.89 Å². The van der Waals surface area contributed by atoms with Gasteiger partial charge >= 0.3 is 0 Å². The molecular formula is C22H25N3O3. The first-order chi connectivity index (χ1) is 13.7. The topological polar surface area (TPSA) is 76.4 Å². The minimum Gasteiger partial charge on any atom is -0.497 e. The van der Waals surface area contributed by atoms with Gasteiger partial charge in [0.15, 0.2) is 5.58 Å². The van der Waals surface area contributed by atoms with Gasteiger partial charge in [0.25, 0.3) is 0 Å². The van der Waals surface area contributed by atoms with Gasteiger partial charge < -0.3 is 19.8 Å². The molecule has 1 saturated carbocycles. The normalized spacial score (nSPS) is 15.9. The number of ether oxygens (including phenoxy) is 1. The molecule has 1 aliphatic carbocycles. The number of carbonyl (C=O) groups is 1. The van der Waals surface area contributed by atoms with Crippen LogP contribution in [0, 0.1) is 0 Å². The molecule has 2 aromatic carbocycles. The van der Waals surface area contributed by atoms with Crippen LogP contribution in [-0.4, -0.2) is 23.5 Å². The molecule has 28 heavy (non-hydrogen) atoms. The largest absolute Gasteiger partial charge is 0.497 e. The number of aromatic nitrogens is 1. The molecule has 1 amide bonds. The zero-order chi connectivity index (χ0) is 19.4. The number of nitrogens with one attached hydrogen (secondary N) is 2. The second kappa shape index (κ2) is 7.92. The van der Waals surface area contributed by atoms with Crippen LogP contribution < -0.4 is 15.4 Å². The number of methoxy groups -OCH3 is 1. The quantitative estimate of drug-likeness (QED) is 0.669. The average Bonchev–Trinajstić information content (AvgIpc) is 3.16. The van der Waals surface area contributed by atoms with Gasteiger partial charge in [-0.05, 0) is 49.2 Å². The van der Waals surface area contributed by atoms with E-state index in [1.165, 1.54) is 0 Å². The second-order valence-corrected chi connectivity index (χ2v) is 7.25. The number of para-hydroxylation sites is 2. The summed E-state index contributed by atoms with van der Waals surface area (Å²) in [5.41, 5.74) is 1.84. The molecule has 146 valence electrons. The van der Waals surface area contributed by atoms with Gasteiger partial charge in [0.2, 0.25) is 11.8 Å². The van der Waals surface area contributed by atoms with Crippen LogP contribution >= 0.6 is 0 Å². The Morgan fingerprint density at radius 2 is 1.86 bits per heavy atom. The number of amides is 1. The van der Waals surface area contributed by atoms with Crippen molar-refractivity contribution in [3.05, 3.63) is 54.4 Å². The third kappa shape index (κ3) is 3.81. The zero-order valence-corrected chi connectivity index (χ0v) is 16.0. The molecule has 6 nitrogen and oxygen atoms in total. The Hall–Kier alpha value is -3.02. The van der Waals surface area contributed by atoms with E-state index in [1.54, 1.807) is 7.11 Å². The Labute approximate surface area is 164 Å². The minimum absolute atomic E-state index is 0.00901. The lowest BCUT2D eigenvalue weighted by atomic mass is 9.80. The summed E-state index contributed by atoms with van der Waals surface area (Å²) in [7, 11) is 1.64. The van der Waals surface area contributed by atoms with Crippen LogP contribution in [-0.2, 0) is 11.3 Å². The lowest BCUT2D eigenvalue weighted by molar-refractivity contribution is -0.126. The van der Waals surface area contributed by atoms with Crippen LogP contribution in [0.3, 0.4) is 0 Å². The van der Waals surface area contributed by atoms with E-state index in [2.05, 4.69) is 15.6 Å². The van der Waals surface area contributed by atoms with Crippen LogP contribution in [0.4, 0.5) is 5.69 Å². The van der Waals surface area contributed by atoms with Crippen LogP contribution in [0.2, 0.25) is 0 Å². The number of rotatable bonds is 6. The van der Waals surface area contributed by atoms with Crippen molar-refractivity contribution in [2.24, 2.45) is 0 Å². The van der Waals surface area contributed by atoms with Crippen molar-refractivity contribution in [1.82, 2.24) is 10.3 Å². The summed E-state index contributed by atoms with van der Waals surface area (Å²) in [4.78, 5) is 17.6. The number of nitrogens with zero attached hydrogens (tertiary/aromatic N) is 1. The maximum atomic E-state index is 13.2. The number of anilines is 1. The Morgan fingerprint density at radius 1 is 1.11 bits per heavy atom. The van der Waals surface area contributed by atoms with E-state index in [0.717, 1.165) is 54.6 Å². The fraction of sp³-hybridized carbons (Fsp3) is 0.364. The molecule has 0 spiro atoms. The molecule has 0 unspecified atom stereocenters. The molecule has 4 rings (SSSR count). The van der Waals surface area contributed by atoms with E-state index in [4.69, 9.17) is 9.15 Å². The summed E-state index contributed by atoms with van der Waals surface area (Å²) in [6, 6.07) is 15.3. The summed E-state index contributed by atoms with van der Waals surface area (Å²) in [6.45, 7) is 0.277. The van der Waals surface area contributed by atoms with Crippen molar-refractivity contribution in [1.29, 1.82) is 0 Å². The van der Waals surface area contributed by atoms with Crippen molar-refractivity contribution in [3.63, 3.8) is 0 Å². The molecule has 0 atom stereocenters. The molecule has 0 radical (unpaired) electrons. The highest BCUT2D eigenvalue weighted by Gasteiger charge is 2.39. The first kappa shape index (κ1) is 18.3. The predicted octanol–water partition coefficient (Wildman–Crippen LogP) is 4.27. The molecule has 1 aliphatic rings. The smallest absolute Gasteiger partial charge is 0.246 e. The van der Waals surface area contributed by atoms with E-state index < -0.39 is 5.54 Å². The van der Waals surface area contributed by atoms with Crippen molar-refractivity contribution in [2.45, 2.75) is 44.2 Å². The summed E-state index contributed by atoms with van der Waals surface area (Å²) in [5, 5.41) is 6.52. The predicted molar refractivity (Wildman–Crippen MR) is 108 cm³/mol. The first-order valence-corrected chi connectivity index (χ1v) is 9.73. The van der Waals surface area contributed by atoms with Gasteiger partial charge in [-0.2, -0.15) is 0 Å². The highest BCUT2D eigenvalue weighted by molar-refractivity contribution is 5.89. The number of hydrogen-bond acceptors (Lipinski definition) is 5. The highest BCUT2D eigenvalue weighted by Crippen LogP contribution is 2.32. The Morgan fingerprint density at radius 3 is 2.57 bits per heavy atom. The van der Waals surface area contributed by atoms with Gasteiger partial charge in [-0.3, -0.25) is 4.79 Å². The summed E-state index contributed by atoms with van der Waals surface area (Å²) in [5.74, 6) is 1.30. The molecule has 1 aromatic heterocycles. The van der Waals surface area contributed by atoms with Crippen molar-refractivity contribution >= 4 is 22.7 Å². The van der Waals surface area contributed by atoms with E-state index in [9.17, 15) is 4.79 Å². The van der Waals surface area contributed by atoms with Gasteiger partial charge in [-0.25, -0.2) is 4.98 Å². The molecule has 1 heterocycles. The molecule has 0 bridgehead atoms. The van der Waals surface area contributed by atoms with Gasteiger partial charge in [0.1, 0.15) is 16.8 Å². The van der Waals surface area contributed by atoms with Crippen LogP contribution in [0.15, 0.2) is 52.9 Å². The van der Waals surface area contributed by atoms with Crippen LogP contribution in [0.5, 0.6) is 5.75 Å². The standard InChI is InChI=1S/C22H25N3O3/c1-27-17-11-9-16(10-12-17)25-22(13-5-2-6-14-22)21(26)23-15-20-24-18-7-3-4-8-19(18)28-20/h3-4,7-12,25H,2,5-6,13-15H2,1H3,(H,23,26). The van der Waals surface area contributed by atoms with Crippen LogP contribution in [0.1, 0.15) is 38.0 Å². The molecular weight excluding hydrogens is 354 g/mol. The highest BCUT2D eigenvalue weighted by atomic mass is 16.5. The summed E-state index contributed by atoms with van der Waals surface area (Å²) >= 11 is 0. The second-order valence-electron chi connectivity index (χ2n) is 7.25. The number of fused-ring (bicyclic) bond motifs is 1. The Kier molecular flexibility index (Phi) is 5.19. The molecule has 0 aliphatic heterocycles. The van der Waals surface area contributed by atoms with Gasteiger partial charge in [0.05, 0.1) is 13.7 Å². The first-order valence-electron chi connectivity index (χ1n) is 9.73. The molecule has 1 fully saturated rings. The maximum Gasteiger partial charge on any atom is 0.246 e. The third-order valence-corrected chi connectivity index (χ3v) is 5.35. The molecule has 0 saturated heterocycles. The van der Waals surface area contributed by atoms with Crippen LogP contribution in [0.25, 0.3) is 11.1 Å². The zero-order valence-electron chi connectivity index (χ0n) is 16.0. The van der Waals surface area contributed by atoms with Gasteiger partial charge in [-0.15, -0.1) is 0 Å². The average molecular weight is 379 g/mol. The third-order valence-electron chi connectivity index (χ3n) is 5.35. The fourth-order valence-electron chi connectivity index (χ4n) is 3.84. The number of carbonyl (C=O) groups excluding carboxylic acids is 1. The summed E-state index contributed by atoms with van der Waals surface area (Å²) in [6.07, 6.45) is 4.82. The minimum atomic E-state index is -0.612. The van der Waals surface area contributed by atoms with Gasteiger partial charge in [0, 0.05) is 5.69 Å². The Bertz CT molecular complexity index is 910. The van der Waals surface area contributed by atoms with E-state index in [-0.39, 0.29) is 12.5 Å². The molecule has 3 aromatic rings. The number of hydrogen-bond donors (Lipinski definition) is 2. The molecule has 6 heteroatoms. The monoisotopic (exact) mass is 379 g/mol. The lowest BCUT2D eigenvalue weighted by Crippen LogP contribution is -2.53. The molecule has 2 N–H and O–H groups in total. The van der Waals surface area contributed by atoms with Crippen molar-refractivity contribution in [3.8, 4) is 5.75 Å². The van der Waals surface area contributed by atoms with Gasteiger partial charge in [-0.1, -0.05) is 31.4 Å². The fourth-order valence-corrected chi connectivity index (χ4v) is 3.84. The SMILES string of the molecule is COc1ccc(NC2(C(=O)NCc3nc4ccccc4o3)CCCCC2)cc1. The maximum absolute atomic E-state index is 13.2. The van der Waals surface area contributed by atoms with E-state index in [1.807, 2.05) is 48.5 Å². The lowest BCUT2D eigenvalue weighted by Gasteiger charge is -2.37. The van der Waals surface area contributed by atoms with Crippen molar-refractivity contribution in [2.75, 3.05) is 12.4 Å². The number of benzene rings is 2. The van der Waals surface area contributed by atoms with E-state index >= 15 is 0 Å². The van der Waals surface area contributed by atoms with Crippen molar-refractivity contribution < 1.29 is 13.9 Å². The summed E-state index contributed by atoms with van der Waals surface area (Å²) < 4.78 is 10.9. The Balaban J connectivity index is 1.48.